The van der Waals surface area contributed by atoms with Gasteiger partial charge in [0.05, 0.1) is 17.6 Å². The minimum atomic E-state index is -0.0703. The van der Waals surface area contributed by atoms with Crippen LogP contribution in [0.1, 0.15) is 51.4 Å². The summed E-state index contributed by atoms with van der Waals surface area (Å²) in [7, 11) is 7.20. The number of amides is 4. The zero-order valence-electron chi connectivity index (χ0n) is 21.9. The standard InChI is InChI=1S/C16H25N3O.C11H17N3O/c1-18(2)15(20)19-9-12-7-16(11-17,8-13(12)10-19)14-5-3-4-6-14;1-13(2)11(15)14-6-9-3-8(5-12)4-10(9)7-14/h12-14H,3-10H2,1-2H3;8-10H,3-4,6-7H2,1-2H3. The summed E-state index contributed by atoms with van der Waals surface area (Å²) in [4.78, 5) is 31.0. The average Bonchev–Trinajstić information content (AvgIpc) is 3.62. The van der Waals surface area contributed by atoms with E-state index < -0.39 is 0 Å². The first-order valence-electron chi connectivity index (χ1n) is 13.4. The Morgan fingerprint density at radius 2 is 1.20 bits per heavy atom. The molecule has 192 valence electrons. The van der Waals surface area contributed by atoms with Crippen LogP contribution in [0.5, 0.6) is 0 Å². The first kappa shape index (κ1) is 25.6. The van der Waals surface area contributed by atoms with Crippen molar-refractivity contribution in [3.05, 3.63) is 0 Å². The van der Waals surface area contributed by atoms with Crippen LogP contribution in [0.3, 0.4) is 0 Å². The van der Waals surface area contributed by atoms with Gasteiger partial charge in [-0.05, 0) is 68.1 Å². The molecule has 0 bridgehead atoms. The van der Waals surface area contributed by atoms with Gasteiger partial charge in [-0.2, -0.15) is 10.5 Å². The van der Waals surface area contributed by atoms with Gasteiger partial charge < -0.3 is 19.6 Å². The van der Waals surface area contributed by atoms with E-state index in [-0.39, 0.29) is 23.4 Å². The lowest BCUT2D eigenvalue weighted by Crippen LogP contribution is -2.39. The molecular weight excluding hydrogens is 440 g/mol. The number of hydrogen-bond donors (Lipinski definition) is 0. The molecule has 5 aliphatic rings. The number of hydrogen-bond acceptors (Lipinski definition) is 4. The number of fused-ring (bicyclic) bond motifs is 2. The van der Waals surface area contributed by atoms with Crippen LogP contribution in [0, 0.1) is 63.6 Å². The number of rotatable bonds is 1. The third kappa shape index (κ3) is 5.08. The Morgan fingerprint density at radius 3 is 1.57 bits per heavy atom. The SMILES string of the molecule is CN(C)C(=O)N1CC2CC(C#N)(C3CCCC3)CC2C1.CN(C)C(=O)N1CC2CC(C#N)CC2C1. The van der Waals surface area contributed by atoms with Crippen molar-refractivity contribution < 1.29 is 9.59 Å². The quantitative estimate of drug-likeness (QED) is 0.567. The van der Waals surface area contributed by atoms with Crippen molar-refractivity contribution in [3.63, 3.8) is 0 Å². The van der Waals surface area contributed by atoms with Crippen molar-refractivity contribution in [1.82, 2.24) is 19.6 Å². The molecule has 35 heavy (non-hydrogen) atoms. The van der Waals surface area contributed by atoms with E-state index in [1.165, 1.54) is 25.7 Å². The van der Waals surface area contributed by atoms with Crippen LogP contribution in [0.25, 0.3) is 0 Å². The van der Waals surface area contributed by atoms with Crippen LogP contribution in [-0.4, -0.2) is 86.0 Å². The molecule has 0 spiro atoms. The molecule has 4 unspecified atom stereocenters. The number of carbonyl (C=O) groups excluding carboxylic acids is 2. The molecule has 0 aromatic rings. The van der Waals surface area contributed by atoms with Crippen molar-refractivity contribution in [2.75, 3.05) is 54.4 Å². The maximum atomic E-state index is 12.1. The van der Waals surface area contributed by atoms with Gasteiger partial charge in [-0.15, -0.1) is 0 Å². The first-order chi connectivity index (χ1) is 16.7. The van der Waals surface area contributed by atoms with Crippen molar-refractivity contribution in [2.24, 2.45) is 40.9 Å². The molecule has 0 aromatic heterocycles. The molecule has 8 nitrogen and oxygen atoms in total. The molecular formula is C27H42N6O2. The van der Waals surface area contributed by atoms with Crippen LogP contribution in [0.2, 0.25) is 0 Å². The Kier molecular flexibility index (Phi) is 7.50. The number of urea groups is 2. The van der Waals surface area contributed by atoms with E-state index in [4.69, 9.17) is 5.26 Å². The number of nitriles is 2. The molecule has 5 rings (SSSR count). The highest BCUT2D eigenvalue weighted by atomic mass is 16.2. The molecule has 2 heterocycles. The van der Waals surface area contributed by atoms with Crippen molar-refractivity contribution in [2.45, 2.75) is 51.4 Å². The van der Waals surface area contributed by atoms with E-state index in [2.05, 4.69) is 12.1 Å². The Hall–Kier alpha value is -2.48. The first-order valence-corrected chi connectivity index (χ1v) is 13.4. The summed E-state index contributed by atoms with van der Waals surface area (Å²) in [5.41, 5.74) is -0.0703. The lowest BCUT2D eigenvalue weighted by Gasteiger charge is -2.30. The van der Waals surface area contributed by atoms with Crippen LogP contribution in [-0.2, 0) is 0 Å². The fourth-order valence-electron chi connectivity index (χ4n) is 7.70. The molecule has 3 saturated carbocycles. The lowest BCUT2D eigenvalue weighted by atomic mass is 9.73. The Labute approximate surface area is 210 Å². The molecule has 4 amide bonds. The second kappa shape index (κ2) is 10.2. The fraction of sp³-hybridized carbons (Fsp3) is 0.852. The highest BCUT2D eigenvalue weighted by Crippen LogP contribution is 2.56. The van der Waals surface area contributed by atoms with E-state index in [9.17, 15) is 14.9 Å². The normalized spacial score (nSPS) is 35.5. The number of nitrogens with zero attached hydrogens (tertiary/aromatic N) is 6. The predicted molar refractivity (Wildman–Crippen MR) is 133 cm³/mol. The smallest absolute Gasteiger partial charge is 0.319 e. The van der Waals surface area contributed by atoms with Gasteiger partial charge in [0.1, 0.15) is 0 Å². The van der Waals surface area contributed by atoms with Gasteiger partial charge >= 0.3 is 12.1 Å². The minimum Gasteiger partial charge on any atom is -0.331 e. The Balaban J connectivity index is 0.000000172. The van der Waals surface area contributed by atoms with Gasteiger partial charge in [0, 0.05) is 60.3 Å². The second-order valence-electron chi connectivity index (χ2n) is 12.2. The molecule has 5 fully saturated rings. The Bertz CT molecular complexity index is 855. The molecule has 0 N–H and O–H groups in total. The van der Waals surface area contributed by atoms with Crippen molar-refractivity contribution >= 4 is 12.1 Å². The summed E-state index contributed by atoms with van der Waals surface area (Å²) < 4.78 is 0. The van der Waals surface area contributed by atoms with Gasteiger partial charge in [-0.1, -0.05) is 12.8 Å². The van der Waals surface area contributed by atoms with Crippen LogP contribution >= 0.6 is 0 Å². The molecule has 0 radical (unpaired) electrons. The van der Waals surface area contributed by atoms with Crippen LogP contribution in [0.15, 0.2) is 0 Å². The van der Waals surface area contributed by atoms with E-state index in [0.29, 0.717) is 29.6 Å². The minimum absolute atomic E-state index is 0.0703. The van der Waals surface area contributed by atoms with Gasteiger partial charge in [-0.3, -0.25) is 0 Å². The Morgan fingerprint density at radius 1 is 0.771 bits per heavy atom. The second-order valence-corrected chi connectivity index (χ2v) is 12.2. The predicted octanol–water partition coefficient (Wildman–Crippen LogP) is 3.86. The summed E-state index contributed by atoms with van der Waals surface area (Å²) in [5, 5.41) is 18.6. The third-order valence-corrected chi connectivity index (χ3v) is 9.43. The van der Waals surface area contributed by atoms with Gasteiger partial charge in [-0.25, -0.2) is 9.59 Å². The number of likely N-dealkylation sites (tertiary alicyclic amines) is 2. The topological polar surface area (TPSA) is 94.7 Å². The van der Waals surface area contributed by atoms with Crippen LogP contribution < -0.4 is 0 Å². The van der Waals surface area contributed by atoms with Gasteiger partial charge in [0.15, 0.2) is 0 Å². The average molecular weight is 483 g/mol. The summed E-state index contributed by atoms with van der Waals surface area (Å²) in [5.74, 6) is 3.10. The maximum absolute atomic E-state index is 12.1. The van der Waals surface area contributed by atoms with Crippen molar-refractivity contribution in [3.8, 4) is 12.1 Å². The van der Waals surface area contributed by atoms with E-state index >= 15 is 0 Å². The molecule has 8 heteroatoms. The number of carbonyl (C=O) groups is 2. The fourth-order valence-corrected chi connectivity index (χ4v) is 7.70. The summed E-state index contributed by atoms with van der Waals surface area (Å²) in [6.45, 7) is 3.41. The zero-order chi connectivity index (χ0) is 25.3. The molecule has 2 saturated heterocycles. The van der Waals surface area contributed by atoms with E-state index in [1.54, 1.807) is 23.9 Å². The third-order valence-electron chi connectivity index (χ3n) is 9.43. The maximum Gasteiger partial charge on any atom is 0.319 e. The molecule has 4 atom stereocenters. The van der Waals surface area contributed by atoms with Crippen LogP contribution in [0.4, 0.5) is 9.59 Å². The largest absolute Gasteiger partial charge is 0.331 e. The van der Waals surface area contributed by atoms with Crippen molar-refractivity contribution in [1.29, 1.82) is 10.5 Å². The molecule has 2 aliphatic heterocycles. The summed E-state index contributed by atoms with van der Waals surface area (Å²) in [6, 6.07) is 5.28. The molecule has 0 aromatic carbocycles. The monoisotopic (exact) mass is 482 g/mol. The lowest BCUT2D eigenvalue weighted by molar-refractivity contribution is 0.168. The molecule has 3 aliphatic carbocycles. The van der Waals surface area contributed by atoms with Gasteiger partial charge in [0.25, 0.3) is 0 Å². The zero-order valence-corrected chi connectivity index (χ0v) is 21.9. The van der Waals surface area contributed by atoms with E-state index in [0.717, 1.165) is 51.9 Å². The summed E-state index contributed by atoms with van der Waals surface area (Å²) in [6.07, 6.45) is 9.10. The van der Waals surface area contributed by atoms with Gasteiger partial charge in [0.2, 0.25) is 0 Å². The summed E-state index contributed by atoms with van der Waals surface area (Å²) >= 11 is 0. The highest BCUT2D eigenvalue weighted by Gasteiger charge is 2.54. The van der Waals surface area contributed by atoms with E-state index in [1.807, 2.05) is 23.9 Å². The highest BCUT2D eigenvalue weighted by molar-refractivity contribution is 5.74.